The summed E-state index contributed by atoms with van der Waals surface area (Å²) in [4.78, 5) is 0. The van der Waals surface area contributed by atoms with Crippen molar-refractivity contribution in [2.75, 3.05) is 5.32 Å². The summed E-state index contributed by atoms with van der Waals surface area (Å²) in [5.41, 5.74) is 2.09. The lowest BCUT2D eigenvalue weighted by molar-refractivity contribution is 0.127. The van der Waals surface area contributed by atoms with E-state index in [4.69, 9.17) is 11.6 Å². The van der Waals surface area contributed by atoms with Crippen LogP contribution in [-0.2, 0) is 0 Å². The highest BCUT2D eigenvalue weighted by molar-refractivity contribution is 6.30. The van der Waals surface area contributed by atoms with Crippen LogP contribution in [0, 0.1) is 11.3 Å². The molecule has 0 spiro atoms. The van der Waals surface area contributed by atoms with Crippen LogP contribution in [0.25, 0.3) is 6.08 Å². The van der Waals surface area contributed by atoms with Gasteiger partial charge in [-0.05, 0) is 29.8 Å². The first-order chi connectivity index (χ1) is 10.2. The van der Waals surface area contributed by atoms with Crippen molar-refractivity contribution in [3.05, 3.63) is 71.3 Å². The molecule has 5 heteroatoms. The number of hydroxylamine groups is 1. The Morgan fingerprint density at radius 2 is 1.90 bits per heavy atom. The van der Waals surface area contributed by atoms with E-state index >= 15 is 0 Å². The molecular formula is C16H14ClN3O. The van der Waals surface area contributed by atoms with Gasteiger partial charge in [0.15, 0.2) is 0 Å². The summed E-state index contributed by atoms with van der Waals surface area (Å²) >= 11 is 5.91. The largest absolute Gasteiger partial charge is 0.351 e. The van der Waals surface area contributed by atoms with E-state index in [2.05, 4.69) is 5.32 Å². The van der Waals surface area contributed by atoms with Gasteiger partial charge in [0.1, 0.15) is 6.07 Å². The first-order valence-electron chi connectivity index (χ1n) is 6.28. The zero-order chi connectivity index (χ0) is 15.1. The molecule has 0 aliphatic rings. The Kier molecular flexibility index (Phi) is 4.96. The van der Waals surface area contributed by atoms with Gasteiger partial charge < -0.3 is 10.5 Å². The number of hydrogen-bond donors (Lipinski definition) is 3. The molecule has 1 unspecified atom stereocenters. The number of hydrogen-bond acceptors (Lipinski definition) is 4. The molecule has 0 heterocycles. The number of nitriles is 1. The van der Waals surface area contributed by atoms with Crippen LogP contribution in [0.2, 0.25) is 5.02 Å². The van der Waals surface area contributed by atoms with Crippen molar-refractivity contribution in [2.24, 2.45) is 0 Å². The van der Waals surface area contributed by atoms with Gasteiger partial charge >= 0.3 is 0 Å². The second-order valence-corrected chi connectivity index (χ2v) is 4.85. The van der Waals surface area contributed by atoms with Gasteiger partial charge in [-0.3, -0.25) is 0 Å². The Balaban J connectivity index is 2.24. The molecule has 0 aromatic heterocycles. The average Bonchev–Trinajstić information content (AvgIpc) is 2.53. The Labute approximate surface area is 128 Å². The van der Waals surface area contributed by atoms with Crippen molar-refractivity contribution in [2.45, 2.75) is 5.66 Å². The van der Waals surface area contributed by atoms with E-state index in [9.17, 15) is 10.5 Å². The smallest absolute Gasteiger partial charge is 0.219 e. The molecular weight excluding hydrogens is 286 g/mol. The number of halogens is 1. The SMILES string of the molecule is N#CC(/C=C/c1ccccc1)(NO)Nc1cccc(Cl)c1. The van der Waals surface area contributed by atoms with Crippen LogP contribution >= 0.6 is 11.6 Å². The van der Waals surface area contributed by atoms with E-state index < -0.39 is 5.66 Å². The average molecular weight is 300 g/mol. The maximum absolute atomic E-state index is 9.37. The van der Waals surface area contributed by atoms with Crippen LogP contribution in [0.1, 0.15) is 5.56 Å². The highest BCUT2D eigenvalue weighted by atomic mass is 35.5. The fourth-order valence-electron chi connectivity index (χ4n) is 1.78. The van der Waals surface area contributed by atoms with E-state index in [0.717, 1.165) is 5.56 Å². The third-order valence-electron chi connectivity index (χ3n) is 2.84. The predicted octanol–water partition coefficient (Wildman–Crippen LogP) is 3.66. The molecule has 4 nitrogen and oxygen atoms in total. The van der Waals surface area contributed by atoms with Crippen LogP contribution in [0.3, 0.4) is 0 Å². The van der Waals surface area contributed by atoms with Crippen molar-refractivity contribution in [1.82, 2.24) is 5.48 Å². The van der Waals surface area contributed by atoms with Crippen LogP contribution in [-0.4, -0.2) is 10.9 Å². The summed E-state index contributed by atoms with van der Waals surface area (Å²) < 4.78 is 0. The van der Waals surface area contributed by atoms with Gasteiger partial charge in [-0.1, -0.05) is 54.1 Å². The van der Waals surface area contributed by atoms with Crippen molar-refractivity contribution >= 4 is 23.4 Å². The third-order valence-corrected chi connectivity index (χ3v) is 3.08. The van der Waals surface area contributed by atoms with Crippen molar-refractivity contribution in [3.8, 4) is 6.07 Å². The molecule has 0 radical (unpaired) electrons. The minimum absolute atomic E-state index is 0.539. The van der Waals surface area contributed by atoms with Gasteiger partial charge in [-0.25, -0.2) is 0 Å². The minimum Gasteiger partial charge on any atom is -0.351 e. The normalized spacial score (nSPS) is 13.6. The highest BCUT2D eigenvalue weighted by Crippen LogP contribution is 2.19. The second-order valence-electron chi connectivity index (χ2n) is 4.41. The lowest BCUT2D eigenvalue weighted by atomic mass is 10.1. The summed E-state index contributed by atoms with van der Waals surface area (Å²) in [5, 5.41) is 22.2. The fraction of sp³-hybridized carbons (Fsp3) is 0.0625. The monoisotopic (exact) mass is 299 g/mol. The molecule has 2 rings (SSSR count). The Morgan fingerprint density at radius 3 is 2.52 bits per heavy atom. The number of rotatable bonds is 5. The third kappa shape index (κ3) is 4.07. The molecule has 106 valence electrons. The quantitative estimate of drug-likeness (QED) is 0.582. The molecule has 0 fully saturated rings. The first-order valence-corrected chi connectivity index (χ1v) is 6.66. The molecule has 0 saturated carbocycles. The second kappa shape index (κ2) is 6.91. The van der Waals surface area contributed by atoms with Gasteiger partial charge in [0.25, 0.3) is 0 Å². The molecule has 3 N–H and O–H groups in total. The van der Waals surface area contributed by atoms with Crippen LogP contribution < -0.4 is 10.8 Å². The Bertz CT molecular complexity index is 667. The molecule has 2 aromatic carbocycles. The highest BCUT2D eigenvalue weighted by Gasteiger charge is 2.25. The standard InChI is InChI=1S/C16H14ClN3O/c17-14-7-4-8-15(11-14)19-16(12-18,20-21)10-9-13-5-2-1-3-6-13/h1-11,19-21H/b10-9+. The van der Waals surface area contributed by atoms with E-state index in [0.29, 0.717) is 10.7 Å². The number of benzene rings is 2. The van der Waals surface area contributed by atoms with E-state index in [-0.39, 0.29) is 0 Å². The zero-order valence-corrected chi connectivity index (χ0v) is 11.9. The molecule has 0 saturated heterocycles. The number of nitrogens with one attached hydrogen (secondary N) is 2. The van der Waals surface area contributed by atoms with E-state index in [1.54, 1.807) is 36.4 Å². The van der Waals surface area contributed by atoms with Crippen molar-refractivity contribution in [1.29, 1.82) is 5.26 Å². The van der Waals surface area contributed by atoms with Crippen molar-refractivity contribution < 1.29 is 5.21 Å². The number of nitrogens with zero attached hydrogens (tertiary/aromatic N) is 1. The van der Waals surface area contributed by atoms with Crippen molar-refractivity contribution in [3.63, 3.8) is 0 Å². The lowest BCUT2D eigenvalue weighted by Crippen LogP contribution is -2.47. The molecule has 0 aliphatic carbocycles. The fourth-order valence-corrected chi connectivity index (χ4v) is 1.97. The summed E-state index contributed by atoms with van der Waals surface area (Å²) in [6, 6.07) is 18.4. The van der Waals surface area contributed by atoms with Crippen LogP contribution in [0.5, 0.6) is 0 Å². The first kappa shape index (κ1) is 15.1. The van der Waals surface area contributed by atoms with Gasteiger partial charge in [0, 0.05) is 10.7 Å². The van der Waals surface area contributed by atoms with Gasteiger partial charge in [0.2, 0.25) is 5.66 Å². The molecule has 1 atom stereocenters. The molecule has 0 amide bonds. The lowest BCUT2D eigenvalue weighted by Gasteiger charge is -2.23. The maximum Gasteiger partial charge on any atom is 0.219 e. The zero-order valence-electron chi connectivity index (χ0n) is 11.1. The molecule has 0 bridgehead atoms. The summed E-state index contributed by atoms with van der Waals surface area (Å²) in [6.07, 6.45) is 3.28. The Morgan fingerprint density at radius 1 is 1.14 bits per heavy atom. The van der Waals surface area contributed by atoms with Crippen LogP contribution in [0.4, 0.5) is 5.69 Å². The predicted molar refractivity (Wildman–Crippen MR) is 83.8 cm³/mol. The topological polar surface area (TPSA) is 68.1 Å². The van der Waals surface area contributed by atoms with Gasteiger partial charge in [-0.15, -0.1) is 0 Å². The molecule has 21 heavy (non-hydrogen) atoms. The van der Waals surface area contributed by atoms with Gasteiger partial charge in [-0.2, -0.15) is 10.7 Å². The Hall–Kier alpha value is -2.32. The summed E-state index contributed by atoms with van der Waals surface area (Å²) in [7, 11) is 0. The van der Waals surface area contributed by atoms with E-state index in [1.165, 1.54) is 0 Å². The summed E-state index contributed by atoms with van der Waals surface area (Å²) in [5.74, 6) is 0. The minimum atomic E-state index is -1.44. The van der Waals surface area contributed by atoms with Gasteiger partial charge in [0.05, 0.1) is 0 Å². The summed E-state index contributed by atoms with van der Waals surface area (Å²) in [6.45, 7) is 0. The molecule has 0 aliphatic heterocycles. The maximum atomic E-state index is 9.37. The van der Waals surface area contributed by atoms with Crippen LogP contribution in [0.15, 0.2) is 60.7 Å². The molecule has 2 aromatic rings. The van der Waals surface area contributed by atoms with E-state index in [1.807, 2.05) is 41.9 Å². The number of anilines is 1.